The first-order chi connectivity index (χ1) is 13.5. The molecule has 0 heterocycles. The maximum Gasteiger partial charge on any atom is 0.277 e. The van der Waals surface area contributed by atoms with Gasteiger partial charge in [-0.1, -0.05) is 37.6 Å². The van der Waals surface area contributed by atoms with E-state index in [1.807, 2.05) is 19.1 Å². The van der Waals surface area contributed by atoms with Crippen LogP contribution < -0.4 is 15.1 Å². The Morgan fingerprint density at radius 3 is 2.43 bits per heavy atom. The van der Waals surface area contributed by atoms with Crippen molar-refractivity contribution in [3.05, 3.63) is 58.6 Å². The fraction of sp³-hybridized carbons (Fsp3) is 0.364. The van der Waals surface area contributed by atoms with Gasteiger partial charge in [-0.3, -0.25) is 4.79 Å². The Morgan fingerprint density at radius 1 is 1.14 bits per heavy atom. The van der Waals surface area contributed by atoms with Gasteiger partial charge in [-0.25, -0.2) is 5.43 Å². The second kappa shape index (κ2) is 11.3. The van der Waals surface area contributed by atoms with Crippen molar-refractivity contribution in [1.82, 2.24) is 5.43 Å². The van der Waals surface area contributed by atoms with Crippen LogP contribution in [0.25, 0.3) is 0 Å². The molecule has 0 aliphatic rings. The van der Waals surface area contributed by atoms with Gasteiger partial charge in [0, 0.05) is 23.8 Å². The largest absolute Gasteiger partial charge is 0.484 e. The summed E-state index contributed by atoms with van der Waals surface area (Å²) < 4.78 is 5.44. The Kier molecular flexibility index (Phi) is 8.82. The highest BCUT2D eigenvalue weighted by molar-refractivity contribution is 6.31. The molecule has 6 heteroatoms. The average Bonchev–Trinajstić information content (AvgIpc) is 2.69. The molecular formula is C22H28ClN3O2. The number of hydrazone groups is 1. The van der Waals surface area contributed by atoms with Crippen LogP contribution in [-0.4, -0.2) is 31.8 Å². The predicted molar refractivity (Wildman–Crippen MR) is 117 cm³/mol. The third-order valence-corrected chi connectivity index (χ3v) is 4.57. The number of carbonyl (C=O) groups excluding carboxylic acids is 1. The van der Waals surface area contributed by atoms with E-state index in [-0.39, 0.29) is 12.5 Å². The lowest BCUT2D eigenvalue weighted by Gasteiger charge is -2.23. The highest BCUT2D eigenvalue weighted by Crippen LogP contribution is 2.21. The molecule has 0 aliphatic carbocycles. The number of rotatable bonds is 10. The van der Waals surface area contributed by atoms with Gasteiger partial charge in [-0.2, -0.15) is 5.10 Å². The van der Waals surface area contributed by atoms with E-state index in [0.717, 1.165) is 37.1 Å². The van der Waals surface area contributed by atoms with Crippen LogP contribution in [0.4, 0.5) is 5.69 Å². The van der Waals surface area contributed by atoms with E-state index in [4.69, 9.17) is 16.3 Å². The third-order valence-electron chi connectivity index (χ3n) is 4.15. The summed E-state index contributed by atoms with van der Waals surface area (Å²) in [4.78, 5) is 14.2. The molecule has 0 spiro atoms. The predicted octanol–water partition coefficient (Wildman–Crippen LogP) is 4.80. The van der Waals surface area contributed by atoms with Crippen LogP contribution >= 0.6 is 11.6 Å². The second-order valence-corrected chi connectivity index (χ2v) is 6.98. The van der Waals surface area contributed by atoms with E-state index in [2.05, 4.69) is 41.4 Å². The lowest BCUT2D eigenvalue weighted by atomic mass is 10.2. The van der Waals surface area contributed by atoms with Crippen molar-refractivity contribution in [2.45, 2.75) is 33.6 Å². The molecule has 28 heavy (non-hydrogen) atoms. The monoisotopic (exact) mass is 401 g/mol. The molecule has 0 aromatic heterocycles. The van der Waals surface area contributed by atoms with Gasteiger partial charge in [-0.05, 0) is 61.2 Å². The molecule has 0 fully saturated rings. The number of benzene rings is 2. The molecule has 0 unspecified atom stereocenters. The number of anilines is 1. The van der Waals surface area contributed by atoms with E-state index in [1.165, 1.54) is 5.69 Å². The Hall–Kier alpha value is -2.53. The summed E-state index contributed by atoms with van der Waals surface area (Å²) in [5.74, 6) is 0.276. The van der Waals surface area contributed by atoms with E-state index in [9.17, 15) is 4.79 Å². The summed E-state index contributed by atoms with van der Waals surface area (Å²) in [6.07, 6.45) is 3.86. The summed E-state index contributed by atoms with van der Waals surface area (Å²) in [6, 6.07) is 13.4. The molecule has 150 valence electrons. The Bertz CT molecular complexity index is 785. The van der Waals surface area contributed by atoms with Crippen molar-refractivity contribution < 1.29 is 9.53 Å². The molecule has 1 amide bonds. The van der Waals surface area contributed by atoms with Crippen molar-refractivity contribution >= 4 is 29.4 Å². The number of nitrogens with zero attached hydrogens (tertiary/aromatic N) is 2. The maximum atomic E-state index is 11.9. The number of carbonyl (C=O) groups is 1. The van der Waals surface area contributed by atoms with E-state index < -0.39 is 0 Å². The molecule has 5 nitrogen and oxygen atoms in total. The number of hydrogen-bond donors (Lipinski definition) is 1. The SMILES string of the molecule is CCCN(CCC)c1ccc(/C=N\NC(=O)COc2ccc(Cl)c(C)c2)cc1. The van der Waals surface area contributed by atoms with Crippen molar-refractivity contribution in [1.29, 1.82) is 0 Å². The molecule has 0 aliphatic heterocycles. The molecule has 2 aromatic carbocycles. The van der Waals surface area contributed by atoms with Crippen LogP contribution in [0, 0.1) is 6.92 Å². The van der Waals surface area contributed by atoms with Crippen LogP contribution in [-0.2, 0) is 4.79 Å². The number of amides is 1. The van der Waals surface area contributed by atoms with Gasteiger partial charge in [0.1, 0.15) is 5.75 Å². The van der Waals surface area contributed by atoms with E-state index >= 15 is 0 Å². The van der Waals surface area contributed by atoms with Gasteiger partial charge in [0.25, 0.3) is 5.91 Å². The zero-order valence-corrected chi connectivity index (χ0v) is 17.5. The lowest BCUT2D eigenvalue weighted by Crippen LogP contribution is -2.25. The Labute approximate surface area is 172 Å². The minimum absolute atomic E-state index is 0.111. The minimum atomic E-state index is -0.322. The molecule has 0 saturated carbocycles. The van der Waals surface area contributed by atoms with Gasteiger partial charge in [-0.15, -0.1) is 0 Å². The second-order valence-electron chi connectivity index (χ2n) is 6.57. The smallest absolute Gasteiger partial charge is 0.277 e. The molecule has 1 N–H and O–H groups in total. The van der Waals surface area contributed by atoms with E-state index in [0.29, 0.717) is 10.8 Å². The molecule has 0 saturated heterocycles. The Morgan fingerprint density at radius 2 is 1.82 bits per heavy atom. The van der Waals surface area contributed by atoms with Crippen molar-refractivity contribution in [2.24, 2.45) is 5.10 Å². The Balaban J connectivity index is 1.82. The summed E-state index contributed by atoms with van der Waals surface area (Å²) >= 11 is 5.97. The summed E-state index contributed by atoms with van der Waals surface area (Å²) in [5.41, 5.74) is 5.50. The lowest BCUT2D eigenvalue weighted by molar-refractivity contribution is -0.123. The zero-order chi connectivity index (χ0) is 20.4. The summed E-state index contributed by atoms with van der Waals surface area (Å²) in [6.45, 7) is 8.23. The van der Waals surface area contributed by atoms with Crippen LogP contribution in [0.3, 0.4) is 0 Å². The highest BCUT2D eigenvalue weighted by atomic mass is 35.5. The van der Waals surface area contributed by atoms with Crippen LogP contribution in [0.1, 0.15) is 37.8 Å². The number of halogens is 1. The molecule has 2 rings (SSSR count). The van der Waals surface area contributed by atoms with Crippen LogP contribution in [0.5, 0.6) is 5.75 Å². The zero-order valence-electron chi connectivity index (χ0n) is 16.7. The fourth-order valence-electron chi connectivity index (χ4n) is 2.75. The highest BCUT2D eigenvalue weighted by Gasteiger charge is 2.05. The first-order valence-electron chi connectivity index (χ1n) is 9.59. The number of ether oxygens (including phenoxy) is 1. The van der Waals surface area contributed by atoms with Crippen molar-refractivity contribution in [2.75, 3.05) is 24.6 Å². The molecule has 0 radical (unpaired) electrons. The average molecular weight is 402 g/mol. The number of aryl methyl sites for hydroxylation is 1. The van der Waals surface area contributed by atoms with Crippen LogP contribution in [0.15, 0.2) is 47.6 Å². The van der Waals surface area contributed by atoms with E-state index in [1.54, 1.807) is 24.4 Å². The first kappa shape index (κ1) is 21.8. The number of nitrogens with one attached hydrogen (secondary N) is 1. The van der Waals surface area contributed by atoms with Gasteiger partial charge >= 0.3 is 0 Å². The molecular weight excluding hydrogens is 374 g/mol. The normalized spacial score (nSPS) is 10.9. The van der Waals surface area contributed by atoms with Gasteiger partial charge < -0.3 is 9.64 Å². The van der Waals surface area contributed by atoms with Crippen molar-refractivity contribution in [3.8, 4) is 5.75 Å². The van der Waals surface area contributed by atoms with Crippen LogP contribution in [0.2, 0.25) is 5.02 Å². The van der Waals surface area contributed by atoms with Crippen molar-refractivity contribution in [3.63, 3.8) is 0 Å². The molecule has 0 atom stereocenters. The topological polar surface area (TPSA) is 53.9 Å². The first-order valence-corrected chi connectivity index (χ1v) is 9.97. The summed E-state index contributed by atoms with van der Waals surface area (Å²) in [7, 11) is 0. The van der Waals surface area contributed by atoms with Gasteiger partial charge in [0.05, 0.1) is 6.21 Å². The van der Waals surface area contributed by atoms with Gasteiger partial charge in [0.2, 0.25) is 0 Å². The number of hydrogen-bond acceptors (Lipinski definition) is 4. The quantitative estimate of drug-likeness (QED) is 0.459. The van der Waals surface area contributed by atoms with Gasteiger partial charge in [0.15, 0.2) is 6.61 Å². The molecule has 0 bridgehead atoms. The standard InChI is InChI=1S/C22H28ClN3O2/c1-4-12-26(13-5-2)19-8-6-18(7-9-19)15-24-25-22(27)16-28-20-10-11-21(23)17(3)14-20/h6-11,14-15H,4-5,12-13,16H2,1-3H3,(H,25,27)/b24-15-. The minimum Gasteiger partial charge on any atom is -0.484 e. The third kappa shape index (κ3) is 6.89. The maximum absolute atomic E-state index is 11.9. The summed E-state index contributed by atoms with van der Waals surface area (Å²) in [5, 5.41) is 4.66. The molecule has 2 aromatic rings. The fourth-order valence-corrected chi connectivity index (χ4v) is 2.87.